The Bertz CT molecular complexity index is 685. The monoisotopic (exact) mass is 312 g/mol. The van der Waals surface area contributed by atoms with Gasteiger partial charge >= 0.3 is 13.1 Å². The van der Waals surface area contributed by atoms with E-state index in [1.165, 1.54) is 13.1 Å². The quantitative estimate of drug-likeness (QED) is 0.418. The third kappa shape index (κ3) is 3.12. The molecule has 0 amide bonds. The molecule has 0 aliphatic carbocycles. The van der Waals surface area contributed by atoms with Gasteiger partial charge < -0.3 is 19.8 Å². The van der Waals surface area contributed by atoms with E-state index in [4.69, 9.17) is 15.7 Å². The zero-order chi connectivity index (χ0) is 16.4. The summed E-state index contributed by atoms with van der Waals surface area (Å²) in [7, 11) is 0.486. The summed E-state index contributed by atoms with van der Waals surface area (Å²) in [6.45, 7) is 1.38. The summed E-state index contributed by atoms with van der Waals surface area (Å²) in [5, 5.41) is 18.6. The second-order valence-corrected chi connectivity index (χ2v) is 4.91. The molecular weight excluding hydrogens is 297 g/mol. The number of aliphatic hydroxyl groups excluding tert-OH is 1. The van der Waals surface area contributed by atoms with Gasteiger partial charge in [0.15, 0.2) is 0 Å². The summed E-state index contributed by atoms with van der Waals surface area (Å²) in [5.74, 6) is 3.50. The number of nitrogens with two attached hydrogens (primary N) is 1. The molecule has 0 saturated carbocycles. The van der Waals surface area contributed by atoms with Crippen LogP contribution >= 0.6 is 0 Å². The van der Waals surface area contributed by atoms with Gasteiger partial charge in [-0.05, 0) is 6.92 Å². The van der Waals surface area contributed by atoms with Crippen molar-refractivity contribution in [3.05, 3.63) is 32.6 Å². The lowest BCUT2D eigenvalue weighted by atomic mass is 9.95. The molecule has 3 atom stereocenters. The van der Waals surface area contributed by atoms with E-state index in [9.17, 15) is 19.5 Å². The molecule has 1 aromatic heterocycles. The van der Waals surface area contributed by atoms with Crippen LogP contribution in [0.1, 0.15) is 18.2 Å². The minimum atomic E-state index is -1.43. The number of rotatable bonds is 5. The summed E-state index contributed by atoms with van der Waals surface area (Å²) in [5.41, 5.74) is -1.44. The maximum atomic E-state index is 12.2. The fourth-order valence-corrected chi connectivity index (χ4v) is 2.28. The average molecular weight is 312 g/mol. The lowest BCUT2D eigenvalue weighted by Crippen LogP contribution is -2.46. The van der Waals surface area contributed by atoms with Crippen LogP contribution in [0.5, 0.6) is 0 Å². The standard InChI is InChI=1S/C11H15BN3O7/c1-5-3-14(8-2-6(16)7(22-8)4-21-13)11(20)15(9(5)17)12-10(18)19/h3,6-8,16H,2,4,13H2,1H3,(H,18,19)/t6-,7+,8+/m0/s1. The zero-order valence-electron chi connectivity index (χ0n) is 11.7. The highest BCUT2D eigenvalue weighted by molar-refractivity contribution is 6.70. The molecule has 1 aromatic rings. The van der Waals surface area contributed by atoms with Gasteiger partial charge in [0.25, 0.3) is 5.87 Å². The third-order valence-electron chi connectivity index (χ3n) is 3.33. The number of aromatic nitrogens is 2. The van der Waals surface area contributed by atoms with E-state index >= 15 is 0 Å². The molecule has 0 aromatic carbocycles. The van der Waals surface area contributed by atoms with Crippen molar-refractivity contribution in [1.29, 1.82) is 0 Å². The van der Waals surface area contributed by atoms with E-state index in [1.807, 2.05) is 0 Å². The Balaban J connectivity index is 2.41. The first-order chi connectivity index (χ1) is 10.3. The van der Waals surface area contributed by atoms with E-state index in [-0.39, 0.29) is 18.6 Å². The van der Waals surface area contributed by atoms with E-state index in [2.05, 4.69) is 4.84 Å². The van der Waals surface area contributed by atoms with Crippen LogP contribution in [0.2, 0.25) is 0 Å². The van der Waals surface area contributed by atoms with Crippen LogP contribution in [0.15, 0.2) is 15.8 Å². The van der Waals surface area contributed by atoms with Gasteiger partial charge in [0, 0.05) is 18.2 Å². The van der Waals surface area contributed by atoms with Gasteiger partial charge in [-0.2, -0.15) is 0 Å². The average Bonchev–Trinajstić information content (AvgIpc) is 2.80. The Morgan fingerprint density at radius 3 is 2.86 bits per heavy atom. The Labute approximate surface area is 124 Å². The fraction of sp³-hybridized carbons (Fsp3) is 0.545. The molecule has 1 saturated heterocycles. The third-order valence-corrected chi connectivity index (χ3v) is 3.33. The highest BCUT2D eigenvalue weighted by Gasteiger charge is 2.36. The number of hydrogen-bond acceptors (Lipinski definition) is 7. The maximum absolute atomic E-state index is 12.2. The predicted molar refractivity (Wildman–Crippen MR) is 73.5 cm³/mol. The molecule has 4 N–H and O–H groups in total. The molecule has 1 aliphatic heterocycles. The molecule has 22 heavy (non-hydrogen) atoms. The van der Waals surface area contributed by atoms with Crippen molar-refractivity contribution in [2.45, 2.75) is 31.8 Å². The van der Waals surface area contributed by atoms with E-state index in [0.29, 0.717) is 11.9 Å². The summed E-state index contributed by atoms with van der Waals surface area (Å²) in [6.07, 6.45) is -1.12. The Morgan fingerprint density at radius 1 is 1.59 bits per heavy atom. The number of carbonyl (C=O) groups is 1. The molecular formula is C11H15BN3O7. The normalized spacial score (nSPS) is 24.4. The summed E-state index contributed by atoms with van der Waals surface area (Å²) >= 11 is 0. The highest BCUT2D eigenvalue weighted by Crippen LogP contribution is 2.27. The van der Waals surface area contributed by atoms with Crippen LogP contribution in [0.25, 0.3) is 0 Å². The molecule has 1 fully saturated rings. The van der Waals surface area contributed by atoms with Crippen molar-refractivity contribution in [1.82, 2.24) is 9.05 Å². The van der Waals surface area contributed by atoms with Gasteiger partial charge in [0.2, 0.25) is 5.56 Å². The van der Waals surface area contributed by atoms with Crippen LogP contribution in [0, 0.1) is 6.92 Å². The Hall–Kier alpha value is -1.95. The molecule has 0 spiro atoms. The van der Waals surface area contributed by atoms with Gasteiger partial charge in [0.05, 0.1) is 12.7 Å². The molecule has 0 unspecified atom stereocenters. The molecule has 1 aliphatic rings. The first kappa shape index (κ1) is 16.4. The largest absolute Gasteiger partial charge is 0.488 e. The van der Waals surface area contributed by atoms with Crippen LogP contribution in [-0.4, -0.2) is 51.4 Å². The van der Waals surface area contributed by atoms with Gasteiger partial charge in [0.1, 0.15) is 12.3 Å². The first-order valence-electron chi connectivity index (χ1n) is 6.42. The van der Waals surface area contributed by atoms with Crippen molar-refractivity contribution < 1.29 is 24.6 Å². The smallest absolute Gasteiger partial charge is 0.405 e. The molecule has 119 valence electrons. The second-order valence-electron chi connectivity index (χ2n) is 4.91. The first-order valence-corrected chi connectivity index (χ1v) is 6.42. The van der Waals surface area contributed by atoms with Crippen molar-refractivity contribution in [3.8, 4) is 0 Å². The van der Waals surface area contributed by atoms with Gasteiger partial charge in [-0.15, -0.1) is 0 Å². The highest BCUT2D eigenvalue weighted by atomic mass is 16.6. The number of ether oxygens (including phenoxy) is 1. The number of aryl methyl sites for hydroxylation is 1. The number of nitrogens with zero attached hydrogens (tertiary/aromatic N) is 2. The minimum absolute atomic E-state index is 0.0632. The van der Waals surface area contributed by atoms with Gasteiger partial charge in [-0.3, -0.25) is 18.6 Å². The van der Waals surface area contributed by atoms with Crippen LogP contribution in [0.3, 0.4) is 0 Å². The van der Waals surface area contributed by atoms with Gasteiger partial charge in [-0.1, -0.05) is 0 Å². The van der Waals surface area contributed by atoms with Crippen molar-refractivity contribution in [2.24, 2.45) is 5.90 Å². The molecule has 2 heterocycles. The van der Waals surface area contributed by atoms with Gasteiger partial charge in [-0.25, -0.2) is 10.7 Å². The molecule has 10 nitrogen and oxygen atoms in total. The molecule has 0 bridgehead atoms. The molecule has 1 radical (unpaired) electrons. The minimum Gasteiger partial charge on any atom is -0.488 e. The SMILES string of the molecule is Cc1cn([C@H]2C[C@H](O)[C@@H](CON)O2)c(=O)n([B]C(=O)O)c1=O. The zero-order valence-corrected chi connectivity index (χ0v) is 11.7. The maximum Gasteiger partial charge on any atom is 0.405 e. The molecule has 11 heteroatoms. The second kappa shape index (κ2) is 6.44. The Kier molecular flexibility index (Phi) is 4.81. The number of hydrogen-bond donors (Lipinski definition) is 3. The Morgan fingerprint density at radius 2 is 2.27 bits per heavy atom. The summed E-state index contributed by atoms with van der Waals surface area (Å²) in [4.78, 5) is 39.3. The predicted octanol–water partition coefficient (Wildman–Crippen LogP) is -2.00. The lowest BCUT2D eigenvalue weighted by Gasteiger charge is -2.17. The van der Waals surface area contributed by atoms with E-state index in [1.54, 1.807) is 0 Å². The van der Waals surface area contributed by atoms with Crippen LogP contribution in [-0.2, 0) is 9.57 Å². The lowest BCUT2D eigenvalue weighted by molar-refractivity contribution is -0.0643. The topological polar surface area (TPSA) is 146 Å². The van der Waals surface area contributed by atoms with E-state index < -0.39 is 35.6 Å². The van der Waals surface area contributed by atoms with Crippen LogP contribution < -0.4 is 17.1 Å². The van der Waals surface area contributed by atoms with Crippen LogP contribution in [0.4, 0.5) is 4.79 Å². The summed E-state index contributed by atoms with van der Waals surface area (Å²) in [6, 6.07) is 0. The van der Waals surface area contributed by atoms with Crippen molar-refractivity contribution in [2.75, 3.05) is 6.61 Å². The van der Waals surface area contributed by atoms with Crippen molar-refractivity contribution in [3.63, 3.8) is 0 Å². The number of aliphatic hydroxyl groups is 1. The summed E-state index contributed by atoms with van der Waals surface area (Å²) < 4.78 is 7.02. The van der Waals surface area contributed by atoms with E-state index in [0.717, 1.165) is 4.57 Å². The molecule has 2 rings (SSSR count). The number of carboxylic acid groups (broad SMARTS) is 1. The fourth-order valence-electron chi connectivity index (χ4n) is 2.28. The van der Waals surface area contributed by atoms with Crippen molar-refractivity contribution >= 4 is 13.3 Å².